The molecule has 8 heteroatoms. The van der Waals surface area contributed by atoms with E-state index in [0.29, 0.717) is 28.3 Å². The van der Waals surface area contributed by atoms with E-state index in [1.54, 1.807) is 25.4 Å². The largest absolute Gasteiger partial charge is 0.495 e. The summed E-state index contributed by atoms with van der Waals surface area (Å²) in [5.41, 5.74) is 3.16. The molecule has 1 amide bonds. The lowest BCUT2D eigenvalue weighted by atomic mass is 9.60. The number of pyridine rings is 1. The third-order valence-corrected chi connectivity index (χ3v) is 7.61. The molecule has 0 unspecified atom stereocenters. The molecule has 2 aliphatic rings. The molecule has 1 spiro atoms. The Kier molecular flexibility index (Phi) is 5.45. The van der Waals surface area contributed by atoms with Crippen LogP contribution in [0.4, 0.5) is 0 Å². The van der Waals surface area contributed by atoms with Crippen LogP contribution >= 0.6 is 11.6 Å². The zero-order chi connectivity index (χ0) is 24.9. The monoisotopic (exact) mass is 500 g/mol. The molecule has 1 saturated carbocycles. The van der Waals surface area contributed by atoms with Crippen LogP contribution in [-0.2, 0) is 4.79 Å². The summed E-state index contributed by atoms with van der Waals surface area (Å²) in [6, 6.07) is 15.6. The van der Waals surface area contributed by atoms with Gasteiger partial charge in [0.2, 0.25) is 5.91 Å². The number of carbonyl (C=O) groups is 1. The Morgan fingerprint density at radius 2 is 1.89 bits per heavy atom. The average molecular weight is 501 g/mol. The first-order valence-electron chi connectivity index (χ1n) is 11.8. The summed E-state index contributed by atoms with van der Waals surface area (Å²) in [7, 11) is 1.58. The Morgan fingerprint density at radius 1 is 1.14 bits per heavy atom. The van der Waals surface area contributed by atoms with E-state index >= 15 is 0 Å². The Morgan fingerprint density at radius 3 is 2.61 bits per heavy atom. The number of methoxy groups -OCH3 is 1. The Hall–Kier alpha value is -3.84. The molecule has 7 nitrogen and oxygen atoms in total. The van der Waals surface area contributed by atoms with Crippen molar-refractivity contribution < 1.29 is 14.3 Å². The Bertz CT molecular complexity index is 1470. The maximum absolute atomic E-state index is 11.8. The lowest BCUT2D eigenvalue weighted by molar-refractivity contribution is -0.148. The number of hydrogen-bond donors (Lipinski definition) is 0. The molecule has 1 saturated heterocycles. The molecular weight excluding hydrogens is 476 g/mol. The number of ether oxygens (including phenoxy) is 2. The molecule has 3 heterocycles. The predicted octanol–water partition coefficient (Wildman–Crippen LogP) is 5.90. The predicted molar refractivity (Wildman–Crippen MR) is 139 cm³/mol. The summed E-state index contributed by atoms with van der Waals surface area (Å²) in [4.78, 5) is 18.1. The van der Waals surface area contributed by atoms with E-state index in [9.17, 15) is 4.79 Å². The van der Waals surface area contributed by atoms with Crippen LogP contribution in [0.5, 0.6) is 17.2 Å². The zero-order valence-electron chi connectivity index (χ0n) is 19.9. The van der Waals surface area contributed by atoms with Crippen molar-refractivity contribution >= 4 is 28.4 Å². The minimum atomic E-state index is 0.0167. The topological polar surface area (TPSA) is 69.5 Å². The van der Waals surface area contributed by atoms with Gasteiger partial charge in [-0.1, -0.05) is 24.2 Å². The average Bonchev–Trinajstić information content (AvgIpc) is 3.23. The fourth-order valence-corrected chi connectivity index (χ4v) is 5.67. The molecule has 0 N–H and O–H groups in total. The van der Waals surface area contributed by atoms with Crippen LogP contribution in [0.3, 0.4) is 0 Å². The van der Waals surface area contributed by atoms with Crippen molar-refractivity contribution in [1.29, 1.82) is 0 Å². The number of rotatable bonds is 6. The van der Waals surface area contributed by atoms with Gasteiger partial charge in [-0.25, -0.2) is 0 Å². The summed E-state index contributed by atoms with van der Waals surface area (Å²) in [6.07, 6.45) is 7.10. The van der Waals surface area contributed by atoms with Gasteiger partial charge < -0.3 is 14.4 Å². The third-order valence-electron chi connectivity index (χ3n) is 7.23. The highest BCUT2D eigenvalue weighted by Crippen LogP contribution is 2.54. The van der Waals surface area contributed by atoms with Gasteiger partial charge in [-0.15, -0.1) is 0 Å². The van der Waals surface area contributed by atoms with Crippen molar-refractivity contribution in [2.45, 2.75) is 18.9 Å². The zero-order valence-corrected chi connectivity index (χ0v) is 20.6. The summed E-state index contributed by atoms with van der Waals surface area (Å²) >= 11 is 6.38. The minimum absolute atomic E-state index is 0.0167. The summed E-state index contributed by atoms with van der Waals surface area (Å²) < 4.78 is 13.4. The van der Waals surface area contributed by atoms with Gasteiger partial charge in [0, 0.05) is 41.8 Å². The van der Waals surface area contributed by atoms with Gasteiger partial charge in [0.15, 0.2) is 0 Å². The molecule has 0 bridgehead atoms. The molecule has 1 aliphatic carbocycles. The van der Waals surface area contributed by atoms with Crippen molar-refractivity contribution in [1.82, 2.24) is 19.7 Å². The van der Waals surface area contributed by atoms with Crippen LogP contribution in [-0.4, -0.2) is 45.8 Å². The molecule has 0 atom stereocenters. The van der Waals surface area contributed by atoms with Crippen molar-refractivity contribution in [3.8, 4) is 28.5 Å². The molecule has 1 aliphatic heterocycles. The first-order valence-corrected chi connectivity index (χ1v) is 12.2. The quantitative estimate of drug-likeness (QED) is 0.308. The summed E-state index contributed by atoms with van der Waals surface area (Å²) in [6.45, 7) is 5.20. The molecule has 182 valence electrons. The molecule has 2 fully saturated rings. The highest BCUT2D eigenvalue weighted by atomic mass is 35.5. The molecule has 0 radical (unpaired) electrons. The van der Waals surface area contributed by atoms with E-state index in [4.69, 9.17) is 26.2 Å². The maximum Gasteiger partial charge on any atom is 0.245 e. The second kappa shape index (κ2) is 8.68. The van der Waals surface area contributed by atoms with Crippen LogP contribution in [0.2, 0.25) is 5.02 Å². The van der Waals surface area contributed by atoms with E-state index in [-0.39, 0.29) is 11.3 Å². The number of fused-ring (bicyclic) bond motifs is 1. The number of halogens is 1. The van der Waals surface area contributed by atoms with Crippen molar-refractivity contribution in [2.24, 2.45) is 5.41 Å². The van der Waals surface area contributed by atoms with Gasteiger partial charge in [-0.2, -0.15) is 5.10 Å². The smallest absolute Gasteiger partial charge is 0.245 e. The van der Waals surface area contributed by atoms with Crippen LogP contribution in [0.1, 0.15) is 18.9 Å². The molecule has 6 rings (SSSR count). The fraction of sp³-hybridized carbons (Fsp3) is 0.250. The van der Waals surface area contributed by atoms with E-state index in [2.05, 4.69) is 16.2 Å². The number of benzene rings is 2. The van der Waals surface area contributed by atoms with Gasteiger partial charge in [-0.05, 0) is 61.4 Å². The molecular formula is C28H25ClN4O3. The number of amides is 1. The van der Waals surface area contributed by atoms with Crippen molar-refractivity contribution in [2.75, 3.05) is 20.2 Å². The normalized spacial score (nSPS) is 16.4. The number of hydrogen-bond acceptors (Lipinski definition) is 5. The first-order chi connectivity index (χ1) is 17.5. The van der Waals surface area contributed by atoms with Gasteiger partial charge >= 0.3 is 0 Å². The summed E-state index contributed by atoms with van der Waals surface area (Å²) in [5.74, 6) is 1.78. The van der Waals surface area contributed by atoms with E-state index < -0.39 is 0 Å². The van der Waals surface area contributed by atoms with Crippen molar-refractivity contribution in [3.63, 3.8) is 0 Å². The van der Waals surface area contributed by atoms with E-state index in [0.717, 1.165) is 48.1 Å². The molecule has 36 heavy (non-hydrogen) atoms. The van der Waals surface area contributed by atoms with Crippen LogP contribution in [0.25, 0.3) is 22.2 Å². The van der Waals surface area contributed by atoms with Crippen LogP contribution < -0.4 is 9.47 Å². The standard InChI is InChI=1S/C28H25ClN4O3/c1-3-25(34)32-16-28(17-32)13-19(14-28)33-22-11-12-30-15-21(22)27(31-33)18-7-9-20(10-8-18)36-24-6-4-5-23(35-2)26(24)29/h3-12,15,19H,1,13-14,16-17H2,2H3. The second-order valence-electron chi connectivity index (χ2n) is 9.55. The molecule has 4 aromatic rings. The minimum Gasteiger partial charge on any atom is -0.495 e. The van der Waals surface area contributed by atoms with Gasteiger partial charge in [0.1, 0.15) is 28.0 Å². The number of carbonyl (C=O) groups excluding carboxylic acids is 1. The number of nitrogens with zero attached hydrogens (tertiary/aromatic N) is 4. The Balaban J connectivity index is 1.23. The van der Waals surface area contributed by atoms with Crippen molar-refractivity contribution in [3.05, 3.63) is 78.6 Å². The number of likely N-dealkylation sites (tertiary alicyclic amines) is 1. The van der Waals surface area contributed by atoms with E-state index in [1.165, 1.54) is 6.08 Å². The molecule has 2 aromatic carbocycles. The highest BCUT2D eigenvalue weighted by molar-refractivity contribution is 6.33. The van der Waals surface area contributed by atoms with Crippen LogP contribution in [0, 0.1) is 5.41 Å². The number of aromatic nitrogens is 3. The van der Waals surface area contributed by atoms with Gasteiger partial charge in [-0.3, -0.25) is 14.5 Å². The third kappa shape index (κ3) is 3.71. The van der Waals surface area contributed by atoms with Gasteiger partial charge in [0.05, 0.1) is 18.7 Å². The Labute approximate surface area is 213 Å². The fourth-order valence-electron chi connectivity index (χ4n) is 5.43. The molecule has 2 aromatic heterocycles. The summed E-state index contributed by atoms with van der Waals surface area (Å²) in [5, 5.41) is 6.47. The van der Waals surface area contributed by atoms with E-state index in [1.807, 2.05) is 47.5 Å². The highest BCUT2D eigenvalue weighted by Gasteiger charge is 2.54. The van der Waals surface area contributed by atoms with Crippen LogP contribution in [0.15, 0.2) is 73.6 Å². The van der Waals surface area contributed by atoms with Gasteiger partial charge in [0.25, 0.3) is 0 Å². The first kappa shape index (κ1) is 22.6. The lowest BCUT2D eigenvalue weighted by Gasteiger charge is -2.58. The lowest BCUT2D eigenvalue weighted by Crippen LogP contribution is -2.63. The maximum atomic E-state index is 11.8. The SMILES string of the molecule is C=CC(=O)N1CC2(CC(n3nc(-c4ccc(Oc5cccc(OC)c5Cl)cc4)c4cnccc43)C2)C1. The second-order valence-corrected chi connectivity index (χ2v) is 9.92.